The molecule has 0 saturated carbocycles. The highest BCUT2D eigenvalue weighted by Gasteiger charge is 2.22. The van der Waals surface area contributed by atoms with Crippen molar-refractivity contribution in [2.45, 2.75) is 32.2 Å². The van der Waals surface area contributed by atoms with Gasteiger partial charge in [-0.2, -0.15) is 0 Å². The Hall–Kier alpha value is -0.770. The molecule has 2 aliphatic heterocycles. The monoisotopic (exact) mass is 308 g/mol. The van der Waals surface area contributed by atoms with E-state index in [4.69, 9.17) is 16.3 Å². The van der Waals surface area contributed by atoms with E-state index in [1.54, 1.807) is 0 Å². The number of fused-ring (bicyclic) bond motifs is 1. The summed E-state index contributed by atoms with van der Waals surface area (Å²) < 4.78 is 5.81. The summed E-state index contributed by atoms with van der Waals surface area (Å²) >= 11 is 6.25. The van der Waals surface area contributed by atoms with Crippen LogP contribution in [0.25, 0.3) is 0 Å². The van der Waals surface area contributed by atoms with E-state index in [1.807, 2.05) is 7.05 Å². The van der Waals surface area contributed by atoms with Crippen molar-refractivity contribution in [1.29, 1.82) is 0 Å². The number of likely N-dealkylation sites (tertiary alicyclic amines) is 1. The Kier molecular flexibility index (Phi) is 5.04. The van der Waals surface area contributed by atoms with Crippen molar-refractivity contribution < 1.29 is 4.74 Å². The van der Waals surface area contributed by atoms with Crippen LogP contribution in [0.2, 0.25) is 5.02 Å². The van der Waals surface area contributed by atoms with Gasteiger partial charge in [0.15, 0.2) is 0 Å². The van der Waals surface area contributed by atoms with Gasteiger partial charge in [0.2, 0.25) is 0 Å². The molecule has 21 heavy (non-hydrogen) atoms. The van der Waals surface area contributed by atoms with Crippen molar-refractivity contribution in [1.82, 2.24) is 10.2 Å². The number of nitrogens with one attached hydrogen (secondary N) is 1. The fourth-order valence-electron chi connectivity index (χ4n) is 3.49. The molecule has 0 amide bonds. The minimum Gasteiger partial charge on any atom is -0.493 e. The van der Waals surface area contributed by atoms with Gasteiger partial charge >= 0.3 is 0 Å². The predicted molar refractivity (Wildman–Crippen MR) is 87.2 cm³/mol. The van der Waals surface area contributed by atoms with Crippen LogP contribution in [0.15, 0.2) is 12.1 Å². The molecular formula is C17H25ClN2O. The van der Waals surface area contributed by atoms with Crippen LogP contribution in [0.4, 0.5) is 0 Å². The van der Waals surface area contributed by atoms with Crippen LogP contribution < -0.4 is 10.1 Å². The number of hydrogen-bond donors (Lipinski definition) is 1. The molecule has 0 bridgehead atoms. The molecule has 0 unspecified atom stereocenters. The summed E-state index contributed by atoms with van der Waals surface area (Å²) in [6, 6.07) is 4.14. The van der Waals surface area contributed by atoms with E-state index in [2.05, 4.69) is 22.3 Å². The number of nitrogens with zero attached hydrogens (tertiary/aromatic N) is 1. The summed E-state index contributed by atoms with van der Waals surface area (Å²) in [6.45, 7) is 5.29. The summed E-state index contributed by atoms with van der Waals surface area (Å²) in [6.07, 6.45) is 4.92. The Morgan fingerprint density at radius 3 is 2.90 bits per heavy atom. The summed E-state index contributed by atoms with van der Waals surface area (Å²) in [4.78, 5) is 2.55. The second-order valence-corrected chi connectivity index (χ2v) is 6.70. The van der Waals surface area contributed by atoms with Crippen LogP contribution in [0.1, 0.15) is 30.4 Å². The third-order valence-electron chi connectivity index (χ3n) is 4.73. The summed E-state index contributed by atoms with van der Waals surface area (Å²) in [5.41, 5.74) is 2.55. The zero-order valence-corrected chi connectivity index (χ0v) is 13.6. The van der Waals surface area contributed by atoms with E-state index in [-0.39, 0.29) is 0 Å². The molecule has 0 radical (unpaired) electrons. The zero-order valence-electron chi connectivity index (χ0n) is 12.8. The summed E-state index contributed by atoms with van der Waals surface area (Å²) in [5.74, 6) is 1.98. The van der Waals surface area contributed by atoms with Crippen molar-refractivity contribution in [3.05, 3.63) is 28.3 Å². The Bertz CT molecular complexity index is 484. The quantitative estimate of drug-likeness (QED) is 0.904. The topological polar surface area (TPSA) is 24.5 Å². The van der Waals surface area contributed by atoms with E-state index in [0.717, 1.165) is 42.8 Å². The molecule has 116 valence electrons. The van der Waals surface area contributed by atoms with Crippen LogP contribution in [0.5, 0.6) is 5.75 Å². The van der Waals surface area contributed by atoms with Gasteiger partial charge in [0.1, 0.15) is 5.75 Å². The van der Waals surface area contributed by atoms with Crippen LogP contribution in [0, 0.1) is 5.92 Å². The number of benzene rings is 1. The van der Waals surface area contributed by atoms with Crippen molar-refractivity contribution in [2.24, 2.45) is 5.92 Å². The van der Waals surface area contributed by atoms with E-state index in [9.17, 15) is 0 Å². The third kappa shape index (κ3) is 3.71. The van der Waals surface area contributed by atoms with Gasteiger partial charge in [0.25, 0.3) is 0 Å². The molecule has 0 aliphatic carbocycles. The highest BCUT2D eigenvalue weighted by Crippen LogP contribution is 2.34. The zero-order chi connectivity index (χ0) is 14.7. The van der Waals surface area contributed by atoms with Crippen molar-refractivity contribution >= 4 is 11.6 Å². The van der Waals surface area contributed by atoms with Gasteiger partial charge in [-0.1, -0.05) is 11.6 Å². The molecule has 1 aromatic rings. The average molecular weight is 309 g/mol. The van der Waals surface area contributed by atoms with Gasteiger partial charge in [-0.3, -0.25) is 4.90 Å². The van der Waals surface area contributed by atoms with Crippen molar-refractivity contribution in [3.63, 3.8) is 0 Å². The first-order valence-corrected chi connectivity index (χ1v) is 8.45. The molecule has 0 aromatic heterocycles. The molecule has 0 spiro atoms. The molecular weight excluding hydrogens is 284 g/mol. The van der Waals surface area contributed by atoms with E-state index >= 15 is 0 Å². The Labute approximate surface area is 132 Å². The molecule has 4 heteroatoms. The van der Waals surface area contributed by atoms with Gasteiger partial charge < -0.3 is 10.1 Å². The lowest BCUT2D eigenvalue weighted by Crippen LogP contribution is -2.34. The van der Waals surface area contributed by atoms with Gasteiger partial charge in [-0.25, -0.2) is 0 Å². The molecule has 3 rings (SSSR count). The Morgan fingerprint density at radius 2 is 2.14 bits per heavy atom. The average Bonchev–Trinajstić information content (AvgIpc) is 2.95. The molecule has 0 atom stereocenters. The Morgan fingerprint density at radius 1 is 1.33 bits per heavy atom. The van der Waals surface area contributed by atoms with Gasteiger partial charge in [-0.05, 0) is 69.6 Å². The molecule has 1 aromatic carbocycles. The molecule has 1 saturated heterocycles. The number of piperidine rings is 1. The molecule has 2 heterocycles. The van der Waals surface area contributed by atoms with E-state index in [0.29, 0.717) is 0 Å². The first-order chi connectivity index (χ1) is 10.3. The SMILES string of the molecule is CNCCC1CCN(Cc2cc(Cl)cc3c2OCC3)CC1. The maximum absolute atomic E-state index is 6.25. The van der Waals surface area contributed by atoms with Crippen LogP contribution in [-0.2, 0) is 13.0 Å². The van der Waals surface area contributed by atoms with Crippen molar-refractivity contribution in [2.75, 3.05) is 33.3 Å². The number of hydrogen-bond acceptors (Lipinski definition) is 3. The normalized spacial score (nSPS) is 19.5. The lowest BCUT2D eigenvalue weighted by Gasteiger charge is -2.32. The summed E-state index contributed by atoms with van der Waals surface area (Å²) in [5, 5.41) is 4.10. The van der Waals surface area contributed by atoms with E-state index in [1.165, 1.54) is 43.5 Å². The molecule has 2 aliphatic rings. The summed E-state index contributed by atoms with van der Waals surface area (Å²) in [7, 11) is 2.04. The standard InChI is InChI=1S/C17H25ClN2O/c1-19-6-2-13-3-7-20(8-4-13)12-15-11-16(18)10-14-5-9-21-17(14)15/h10-11,13,19H,2-9,12H2,1H3. The van der Waals surface area contributed by atoms with Gasteiger partial charge in [-0.15, -0.1) is 0 Å². The number of halogens is 1. The minimum absolute atomic E-state index is 0.800. The van der Waals surface area contributed by atoms with Gasteiger partial charge in [0.05, 0.1) is 6.61 Å². The lowest BCUT2D eigenvalue weighted by molar-refractivity contribution is 0.170. The largest absolute Gasteiger partial charge is 0.493 e. The molecule has 1 N–H and O–H groups in total. The minimum atomic E-state index is 0.800. The highest BCUT2D eigenvalue weighted by molar-refractivity contribution is 6.30. The smallest absolute Gasteiger partial charge is 0.127 e. The number of rotatable bonds is 5. The fraction of sp³-hybridized carbons (Fsp3) is 0.647. The second kappa shape index (κ2) is 6.99. The first-order valence-electron chi connectivity index (χ1n) is 8.07. The second-order valence-electron chi connectivity index (χ2n) is 6.26. The van der Waals surface area contributed by atoms with Crippen molar-refractivity contribution in [3.8, 4) is 5.75 Å². The third-order valence-corrected chi connectivity index (χ3v) is 4.95. The first kappa shape index (κ1) is 15.1. The highest BCUT2D eigenvalue weighted by atomic mass is 35.5. The fourth-order valence-corrected chi connectivity index (χ4v) is 3.75. The maximum Gasteiger partial charge on any atom is 0.127 e. The molecule has 1 fully saturated rings. The maximum atomic E-state index is 6.25. The van der Waals surface area contributed by atoms with Crippen LogP contribution in [-0.4, -0.2) is 38.2 Å². The van der Waals surface area contributed by atoms with Crippen LogP contribution in [0.3, 0.4) is 0 Å². The van der Waals surface area contributed by atoms with Crippen LogP contribution >= 0.6 is 11.6 Å². The predicted octanol–water partition coefficient (Wildman–Crippen LogP) is 3.10. The number of ether oxygens (including phenoxy) is 1. The van der Waals surface area contributed by atoms with Gasteiger partial charge in [0, 0.05) is 23.6 Å². The molecule has 3 nitrogen and oxygen atoms in total. The Balaban J connectivity index is 1.59. The lowest BCUT2D eigenvalue weighted by atomic mass is 9.93. The van der Waals surface area contributed by atoms with E-state index < -0.39 is 0 Å².